The van der Waals surface area contributed by atoms with E-state index in [1.165, 1.54) is 12.1 Å². The first kappa shape index (κ1) is 19.8. The maximum absolute atomic E-state index is 13.4. The van der Waals surface area contributed by atoms with Crippen molar-refractivity contribution in [1.82, 2.24) is 0 Å². The zero-order valence-electron chi connectivity index (χ0n) is 11.6. The highest BCUT2D eigenvalue weighted by Gasteiger charge is 2.57. The highest BCUT2D eigenvalue weighted by atomic mass is 32.2. The van der Waals surface area contributed by atoms with E-state index in [1.54, 1.807) is 18.2 Å². The van der Waals surface area contributed by atoms with E-state index in [0.717, 1.165) is 0 Å². The number of carbonyl (C=O) groups excluding carboxylic acids is 1. The Bertz CT molecular complexity index is 504. The van der Waals surface area contributed by atoms with Crippen LogP contribution in [0.4, 0.5) is 30.7 Å². The van der Waals surface area contributed by atoms with Gasteiger partial charge in [-0.1, -0.05) is 42.1 Å². The number of thioether (sulfide) groups is 1. The van der Waals surface area contributed by atoms with Gasteiger partial charge in [-0.25, -0.2) is 17.6 Å². The van der Waals surface area contributed by atoms with Gasteiger partial charge in [-0.15, -0.1) is 0 Å². The monoisotopic (exact) mass is 362 g/mol. The number of hydrogen-bond donors (Lipinski definition) is 0. The normalized spacial score (nSPS) is 15.3. The third kappa shape index (κ3) is 6.40. The van der Waals surface area contributed by atoms with Crippen molar-refractivity contribution in [1.29, 1.82) is 0 Å². The summed E-state index contributed by atoms with van der Waals surface area (Å²) >= 11 is 0.658. The summed E-state index contributed by atoms with van der Waals surface area (Å²) in [5, 5.41) is -0.414. The van der Waals surface area contributed by atoms with Crippen LogP contribution in [0.15, 0.2) is 30.3 Å². The van der Waals surface area contributed by atoms with Crippen LogP contribution in [0.2, 0.25) is 0 Å². The van der Waals surface area contributed by atoms with E-state index in [0.29, 0.717) is 17.3 Å². The van der Waals surface area contributed by atoms with Gasteiger partial charge in [-0.3, -0.25) is 4.79 Å². The lowest BCUT2D eigenvalue weighted by Crippen LogP contribution is -2.43. The van der Waals surface area contributed by atoms with Crippen molar-refractivity contribution in [2.24, 2.45) is 0 Å². The fourth-order valence-corrected chi connectivity index (χ4v) is 2.54. The van der Waals surface area contributed by atoms with Gasteiger partial charge < -0.3 is 0 Å². The van der Waals surface area contributed by atoms with Crippen LogP contribution in [0, 0.1) is 0 Å². The van der Waals surface area contributed by atoms with Crippen LogP contribution in [0.1, 0.15) is 23.2 Å². The van der Waals surface area contributed by atoms with E-state index >= 15 is 0 Å². The lowest BCUT2D eigenvalue weighted by molar-refractivity contribution is -0.248. The van der Waals surface area contributed by atoms with Crippen LogP contribution >= 0.6 is 11.8 Å². The highest BCUT2D eigenvalue weighted by Crippen LogP contribution is 2.38. The Morgan fingerprint density at radius 3 is 2.13 bits per heavy atom. The van der Waals surface area contributed by atoms with Crippen LogP contribution < -0.4 is 0 Å². The van der Waals surface area contributed by atoms with E-state index < -0.39 is 42.4 Å². The lowest BCUT2D eigenvalue weighted by atomic mass is 10.1. The SMILES string of the molecule is O=C(SCCC(F)CC(F)(F)C(F)C(F)(F)F)c1ccccc1. The van der Waals surface area contributed by atoms with Crippen molar-refractivity contribution in [2.45, 2.75) is 37.3 Å². The van der Waals surface area contributed by atoms with Crippen LogP contribution in [-0.2, 0) is 0 Å². The Hall–Kier alpha value is -1.25. The van der Waals surface area contributed by atoms with Gasteiger partial charge in [-0.05, 0) is 6.42 Å². The zero-order valence-corrected chi connectivity index (χ0v) is 12.4. The smallest absolute Gasteiger partial charge is 0.282 e. The predicted octanol–water partition coefficient (Wildman–Crippen LogP) is 5.21. The number of benzene rings is 1. The Labute approximate surface area is 132 Å². The molecule has 1 nitrogen and oxygen atoms in total. The zero-order chi connectivity index (χ0) is 17.7. The number of halogens is 7. The van der Waals surface area contributed by atoms with Gasteiger partial charge in [0.25, 0.3) is 12.1 Å². The average molecular weight is 362 g/mol. The molecule has 0 amide bonds. The second-order valence-electron chi connectivity index (χ2n) is 4.76. The number of carbonyl (C=O) groups is 1. The molecule has 2 atom stereocenters. The largest absolute Gasteiger partial charge is 0.425 e. The standard InChI is InChI=1S/C14H13F7OS/c15-10(8-13(17,18)12(16)14(19,20)21)6-7-23-11(22)9-4-2-1-3-5-9/h1-5,10,12H,6-8H2. The van der Waals surface area contributed by atoms with E-state index in [1.807, 2.05) is 0 Å². The Morgan fingerprint density at radius 1 is 1.04 bits per heavy atom. The van der Waals surface area contributed by atoms with Gasteiger partial charge in [0.05, 0.1) is 0 Å². The van der Waals surface area contributed by atoms with Crippen LogP contribution in [0.5, 0.6) is 0 Å². The first-order valence-corrected chi connectivity index (χ1v) is 7.47. The molecule has 23 heavy (non-hydrogen) atoms. The summed E-state index contributed by atoms with van der Waals surface area (Å²) in [5.74, 6) is -5.04. The molecular weight excluding hydrogens is 349 g/mol. The molecule has 0 N–H and O–H groups in total. The van der Waals surface area contributed by atoms with Crippen LogP contribution in [0.25, 0.3) is 0 Å². The van der Waals surface area contributed by atoms with Gasteiger partial charge in [-0.2, -0.15) is 13.2 Å². The summed E-state index contributed by atoms with van der Waals surface area (Å²) < 4.78 is 87.7. The molecule has 0 fully saturated rings. The van der Waals surface area contributed by atoms with Crippen LogP contribution in [-0.4, -0.2) is 35.3 Å². The molecule has 0 aliphatic rings. The highest BCUT2D eigenvalue weighted by molar-refractivity contribution is 8.14. The Kier molecular flexibility index (Phi) is 6.91. The number of alkyl halides is 7. The van der Waals surface area contributed by atoms with E-state index in [2.05, 4.69) is 0 Å². The molecule has 1 aromatic rings. The van der Waals surface area contributed by atoms with Gasteiger partial charge in [0, 0.05) is 17.7 Å². The van der Waals surface area contributed by atoms with Crippen molar-refractivity contribution in [3.05, 3.63) is 35.9 Å². The Morgan fingerprint density at radius 2 is 1.61 bits per heavy atom. The molecule has 0 bridgehead atoms. The van der Waals surface area contributed by atoms with Gasteiger partial charge in [0.2, 0.25) is 5.12 Å². The molecule has 1 rings (SSSR count). The summed E-state index contributed by atoms with van der Waals surface area (Å²) in [6, 6.07) is 7.89. The Balaban J connectivity index is 2.42. The molecule has 0 aromatic heterocycles. The number of hydrogen-bond acceptors (Lipinski definition) is 2. The molecule has 9 heteroatoms. The maximum Gasteiger partial charge on any atom is 0.425 e. The summed E-state index contributed by atoms with van der Waals surface area (Å²) in [4.78, 5) is 11.6. The predicted molar refractivity (Wildman–Crippen MR) is 73.3 cm³/mol. The van der Waals surface area contributed by atoms with Gasteiger partial charge in [0.15, 0.2) is 0 Å². The molecule has 0 saturated carbocycles. The second kappa shape index (κ2) is 8.03. The summed E-state index contributed by atoms with van der Waals surface area (Å²) in [6.07, 6.45) is -15.0. The van der Waals surface area contributed by atoms with Crippen molar-refractivity contribution in [3.63, 3.8) is 0 Å². The summed E-state index contributed by atoms with van der Waals surface area (Å²) in [5.41, 5.74) is 0.333. The summed E-state index contributed by atoms with van der Waals surface area (Å²) in [6.45, 7) is 0. The van der Waals surface area contributed by atoms with E-state index in [-0.39, 0.29) is 5.75 Å². The molecule has 0 radical (unpaired) electrons. The third-order valence-electron chi connectivity index (χ3n) is 2.83. The topological polar surface area (TPSA) is 17.1 Å². The average Bonchev–Trinajstić information content (AvgIpc) is 2.45. The minimum Gasteiger partial charge on any atom is -0.282 e. The van der Waals surface area contributed by atoms with Crippen molar-refractivity contribution in [3.8, 4) is 0 Å². The van der Waals surface area contributed by atoms with Gasteiger partial charge >= 0.3 is 6.18 Å². The molecule has 1 aromatic carbocycles. The molecule has 130 valence electrons. The van der Waals surface area contributed by atoms with Crippen LogP contribution in [0.3, 0.4) is 0 Å². The minimum absolute atomic E-state index is 0.200. The quantitative estimate of drug-likeness (QED) is 0.619. The molecule has 2 unspecified atom stereocenters. The fraction of sp³-hybridized carbons (Fsp3) is 0.500. The molecule has 0 heterocycles. The number of rotatable bonds is 7. The van der Waals surface area contributed by atoms with Gasteiger partial charge in [0.1, 0.15) is 6.17 Å². The second-order valence-corrected chi connectivity index (χ2v) is 5.82. The molecule has 0 aliphatic heterocycles. The van der Waals surface area contributed by atoms with Crippen molar-refractivity contribution in [2.75, 3.05) is 5.75 Å². The lowest BCUT2D eigenvalue weighted by Gasteiger charge is -2.23. The molecule has 0 aliphatic carbocycles. The minimum atomic E-state index is -5.75. The van der Waals surface area contributed by atoms with E-state index in [4.69, 9.17) is 0 Å². The first-order valence-electron chi connectivity index (χ1n) is 6.49. The third-order valence-corrected chi connectivity index (χ3v) is 3.76. The molecule has 0 saturated heterocycles. The van der Waals surface area contributed by atoms with E-state index in [9.17, 15) is 35.5 Å². The summed E-state index contributed by atoms with van der Waals surface area (Å²) in [7, 11) is 0. The molecular formula is C14H13F7OS. The first-order chi connectivity index (χ1) is 10.5. The van der Waals surface area contributed by atoms with Crippen molar-refractivity contribution >= 4 is 16.9 Å². The van der Waals surface area contributed by atoms with Crippen molar-refractivity contribution < 1.29 is 35.5 Å². The molecule has 0 spiro atoms. The maximum atomic E-state index is 13.4. The fourth-order valence-electron chi connectivity index (χ4n) is 1.68.